The van der Waals surface area contributed by atoms with Crippen molar-refractivity contribution >= 4 is 47.8 Å². The second-order valence-corrected chi connectivity index (χ2v) is 21.0. The SMILES string of the molecule is C=C(C)C(=O)OCC(=O)OC1(c2ccc(C)cc2)CCCCC1.C=C(C)C(=O)OCC(=O)OC1(c2ccccc2)CCCCC1.C=CC1(OC(=O)COC(=O)C(=C)C)CCCC1.C=CC1(OC(=O)COC(=O)C(=C)C)CCCCC1. The number of carbonyl (C=O) groups excluding carboxylic acids is 8. The number of ether oxygens (including phenoxy) is 8. The number of rotatable bonds is 20. The third-order valence-electron chi connectivity index (χ3n) is 14.0. The molecular formula is C64H84O16. The maximum Gasteiger partial charge on any atom is 0.345 e. The van der Waals surface area contributed by atoms with Crippen molar-refractivity contribution in [1.29, 1.82) is 0 Å². The van der Waals surface area contributed by atoms with Gasteiger partial charge in [-0.05, 0) is 161 Å². The summed E-state index contributed by atoms with van der Waals surface area (Å²) in [6.45, 7) is 27.9. The van der Waals surface area contributed by atoms with Gasteiger partial charge >= 0.3 is 47.8 Å². The van der Waals surface area contributed by atoms with Gasteiger partial charge in [-0.1, -0.05) is 119 Å². The second-order valence-electron chi connectivity index (χ2n) is 21.0. The predicted molar refractivity (Wildman–Crippen MR) is 302 cm³/mol. The molecule has 4 fully saturated rings. The van der Waals surface area contributed by atoms with Gasteiger partial charge in [-0.15, -0.1) is 0 Å². The highest BCUT2D eigenvalue weighted by Gasteiger charge is 2.40. The maximum atomic E-state index is 12.2. The Balaban J connectivity index is 0.000000282. The molecule has 0 aromatic heterocycles. The number of hydrogen-bond donors (Lipinski definition) is 0. The summed E-state index contributed by atoms with van der Waals surface area (Å²) in [5.41, 5.74) is 1.92. The van der Waals surface area contributed by atoms with Crippen molar-refractivity contribution < 1.29 is 76.3 Å². The van der Waals surface area contributed by atoms with Gasteiger partial charge < -0.3 is 37.9 Å². The number of esters is 8. The molecule has 0 N–H and O–H groups in total. The zero-order valence-corrected chi connectivity index (χ0v) is 47.9. The average Bonchev–Trinajstić information content (AvgIpc) is 3.99. The monoisotopic (exact) mass is 1110 g/mol. The predicted octanol–water partition coefficient (Wildman–Crippen LogP) is 12.0. The highest BCUT2D eigenvalue weighted by Crippen LogP contribution is 2.42. The van der Waals surface area contributed by atoms with E-state index < -0.39 is 70.2 Å². The van der Waals surface area contributed by atoms with Crippen LogP contribution in [0.1, 0.15) is 166 Å². The van der Waals surface area contributed by atoms with Crippen LogP contribution in [0, 0.1) is 6.92 Å². The minimum Gasteiger partial charge on any atom is -0.452 e. The first-order chi connectivity index (χ1) is 37.9. The van der Waals surface area contributed by atoms with Gasteiger partial charge in [-0.2, -0.15) is 0 Å². The van der Waals surface area contributed by atoms with E-state index in [1.807, 2.05) is 61.5 Å². The van der Waals surface area contributed by atoms with Crippen molar-refractivity contribution in [3.63, 3.8) is 0 Å². The Morgan fingerprint density at radius 3 is 0.938 bits per heavy atom. The average molecular weight is 1110 g/mol. The molecule has 16 nitrogen and oxygen atoms in total. The topological polar surface area (TPSA) is 210 Å². The lowest BCUT2D eigenvalue weighted by Crippen LogP contribution is -2.36. The van der Waals surface area contributed by atoms with Gasteiger partial charge in [0.15, 0.2) is 26.4 Å². The Kier molecular flexibility index (Phi) is 27.8. The van der Waals surface area contributed by atoms with Crippen LogP contribution in [0.2, 0.25) is 0 Å². The van der Waals surface area contributed by atoms with Crippen molar-refractivity contribution in [1.82, 2.24) is 0 Å². The Bertz CT molecular complexity index is 2490. The maximum absolute atomic E-state index is 12.2. The molecule has 0 bridgehead atoms. The molecule has 2 aromatic rings. The zero-order chi connectivity index (χ0) is 59.4. The van der Waals surface area contributed by atoms with Crippen molar-refractivity contribution in [3.05, 3.63) is 145 Å². The van der Waals surface area contributed by atoms with E-state index in [1.54, 1.807) is 26.0 Å². The van der Waals surface area contributed by atoms with Crippen molar-refractivity contribution in [2.45, 2.75) is 179 Å². The summed E-state index contributed by atoms with van der Waals surface area (Å²) < 4.78 is 41.5. The fourth-order valence-corrected chi connectivity index (χ4v) is 9.56. The Morgan fingerprint density at radius 1 is 0.388 bits per heavy atom. The zero-order valence-electron chi connectivity index (χ0n) is 47.9. The summed E-state index contributed by atoms with van der Waals surface area (Å²) >= 11 is 0. The lowest BCUT2D eigenvalue weighted by atomic mass is 9.79. The minimum atomic E-state index is -0.599. The van der Waals surface area contributed by atoms with E-state index in [0.717, 1.165) is 133 Å². The summed E-state index contributed by atoms with van der Waals surface area (Å²) in [6, 6.07) is 17.9. The molecule has 0 saturated heterocycles. The van der Waals surface area contributed by atoms with E-state index in [9.17, 15) is 38.4 Å². The summed E-state index contributed by atoms with van der Waals surface area (Å²) in [6.07, 6.45) is 21.3. The molecule has 16 heteroatoms. The molecule has 6 rings (SSSR count). The Morgan fingerprint density at radius 2 is 0.650 bits per heavy atom. The van der Waals surface area contributed by atoms with Gasteiger partial charge in [-0.3, -0.25) is 0 Å². The molecule has 0 atom stereocenters. The molecule has 0 heterocycles. The fraction of sp³-hybridized carbons (Fsp3) is 0.500. The van der Waals surface area contributed by atoms with Crippen LogP contribution >= 0.6 is 0 Å². The number of benzene rings is 2. The largest absolute Gasteiger partial charge is 0.452 e. The van der Waals surface area contributed by atoms with Crippen LogP contribution in [-0.4, -0.2) is 85.4 Å². The molecule has 0 amide bonds. The van der Waals surface area contributed by atoms with E-state index >= 15 is 0 Å². The lowest BCUT2D eigenvalue weighted by Gasteiger charge is -2.37. The molecular weight excluding hydrogens is 1020 g/mol. The summed E-state index contributed by atoms with van der Waals surface area (Å²) in [4.78, 5) is 92.4. The molecule has 2 aromatic carbocycles. The molecule has 0 radical (unpaired) electrons. The minimum absolute atomic E-state index is 0.261. The van der Waals surface area contributed by atoms with Crippen LogP contribution in [0.25, 0.3) is 0 Å². The standard InChI is InChI=1S/C19H24O4.C18H22O4.C14H20O4.C13H18O4/c1-14(2)18(21)22-13-17(20)23-19(11-5-4-6-12-19)16-9-7-15(3)8-10-16;1-14(2)17(20)21-13-16(19)22-18(11-7-4-8-12-18)15-9-5-3-6-10-15;1-4-14(8-6-5-7-9-14)18-12(15)10-17-13(16)11(2)3;1-4-13(7-5-6-8-13)17-11(14)9-16-12(15)10(2)3/h7-10H,1,4-6,11-13H2,2-3H3;3,5-6,9-10H,1,4,7-8,11-13H2,2H3;4H,1-2,5-10H2,3H3;4H,1-2,5-9H2,3H3. The van der Waals surface area contributed by atoms with Gasteiger partial charge in [0.25, 0.3) is 0 Å². The highest BCUT2D eigenvalue weighted by atomic mass is 16.6. The van der Waals surface area contributed by atoms with Gasteiger partial charge in [0, 0.05) is 22.3 Å². The molecule has 4 aliphatic rings. The van der Waals surface area contributed by atoms with E-state index in [2.05, 4.69) is 39.5 Å². The van der Waals surface area contributed by atoms with Gasteiger partial charge in [0.2, 0.25) is 0 Å². The first kappa shape index (κ1) is 66.9. The van der Waals surface area contributed by atoms with E-state index in [-0.39, 0.29) is 48.7 Å². The van der Waals surface area contributed by atoms with Crippen molar-refractivity contribution in [3.8, 4) is 0 Å². The van der Waals surface area contributed by atoms with E-state index in [4.69, 9.17) is 37.9 Å². The van der Waals surface area contributed by atoms with E-state index in [1.165, 1.54) is 19.4 Å². The number of hydrogen-bond acceptors (Lipinski definition) is 16. The van der Waals surface area contributed by atoms with Crippen LogP contribution in [0.4, 0.5) is 0 Å². The summed E-state index contributed by atoms with van der Waals surface area (Å²) in [5, 5.41) is 0. The molecule has 80 heavy (non-hydrogen) atoms. The second kappa shape index (κ2) is 33.3. The van der Waals surface area contributed by atoms with Crippen LogP contribution in [-0.2, 0) is 87.5 Å². The molecule has 0 aliphatic heterocycles. The normalized spacial score (nSPS) is 16.9. The smallest absolute Gasteiger partial charge is 0.345 e. The highest BCUT2D eigenvalue weighted by molar-refractivity contribution is 5.90. The van der Waals surface area contributed by atoms with Crippen LogP contribution in [0.5, 0.6) is 0 Å². The Labute approximate surface area is 473 Å². The van der Waals surface area contributed by atoms with Crippen molar-refractivity contribution in [2.24, 2.45) is 0 Å². The fourth-order valence-electron chi connectivity index (χ4n) is 9.56. The van der Waals surface area contributed by atoms with Crippen molar-refractivity contribution in [2.75, 3.05) is 26.4 Å². The third-order valence-corrected chi connectivity index (χ3v) is 14.0. The number of carbonyl (C=O) groups is 8. The molecule has 0 unspecified atom stereocenters. The van der Waals surface area contributed by atoms with Gasteiger partial charge in [0.05, 0.1) is 0 Å². The Hall–Kier alpha value is -7.36. The van der Waals surface area contributed by atoms with Gasteiger partial charge in [0.1, 0.15) is 22.4 Å². The number of aryl methyl sites for hydroxylation is 1. The molecule has 436 valence electrons. The van der Waals surface area contributed by atoms with Gasteiger partial charge in [-0.25, -0.2) is 38.4 Å². The van der Waals surface area contributed by atoms with Crippen LogP contribution < -0.4 is 0 Å². The lowest BCUT2D eigenvalue weighted by molar-refractivity contribution is -0.173. The summed E-state index contributed by atoms with van der Waals surface area (Å²) in [7, 11) is 0. The third kappa shape index (κ3) is 22.4. The quantitative estimate of drug-likeness (QED) is 0.0522. The molecule has 4 saturated carbocycles. The summed E-state index contributed by atoms with van der Waals surface area (Å²) in [5.74, 6) is -4.41. The molecule has 4 aliphatic carbocycles. The van der Waals surface area contributed by atoms with E-state index in [0.29, 0.717) is 0 Å². The first-order valence-corrected chi connectivity index (χ1v) is 27.5. The molecule has 0 spiro atoms. The first-order valence-electron chi connectivity index (χ1n) is 27.5. The van der Waals surface area contributed by atoms with Crippen LogP contribution in [0.3, 0.4) is 0 Å². The van der Waals surface area contributed by atoms with Crippen LogP contribution in [0.15, 0.2) is 129 Å².